The molecule has 0 amide bonds. The van der Waals surface area contributed by atoms with Crippen LogP contribution in [0.25, 0.3) is 0 Å². The van der Waals surface area contributed by atoms with E-state index in [-0.39, 0.29) is 38.4 Å². The molecule has 0 bridgehead atoms. The summed E-state index contributed by atoms with van der Waals surface area (Å²) < 4.78 is 10.6. The number of aliphatic hydroxyl groups is 2. The summed E-state index contributed by atoms with van der Waals surface area (Å²) in [6.07, 6.45) is 45.3. The molecular formula is C51H102N2O6. The van der Waals surface area contributed by atoms with Gasteiger partial charge in [0.1, 0.15) is 13.2 Å². The number of rotatable bonds is 50. The lowest BCUT2D eigenvalue weighted by Crippen LogP contribution is -2.29. The standard InChI is InChI=1S/C51H102N2O6/c1-3-5-7-9-11-13-15-17-23-29-35-41-53(45-47-55)43-37-31-25-19-21-27-33-39-51(57)59-49-48-58-50(56)38-32-26-20-18-24-30-36-42-52(44-46-54)40-34-28-22-16-14-12-10-8-6-4-2/h54-55H,3-49H2,1-2H3. The first-order chi connectivity index (χ1) is 29.1. The Balaban J connectivity index is 3.57. The third-order valence-corrected chi connectivity index (χ3v) is 12.1. The Morgan fingerprint density at radius 3 is 0.780 bits per heavy atom. The van der Waals surface area contributed by atoms with Gasteiger partial charge < -0.3 is 29.5 Å². The lowest BCUT2D eigenvalue weighted by molar-refractivity contribution is -0.152. The largest absolute Gasteiger partial charge is 0.462 e. The maximum absolute atomic E-state index is 12.1. The minimum Gasteiger partial charge on any atom is -0.462 e. The first-order valence-corrected chi connectivity index (χ1v) is 26.0. The summed E-state index contributed by atoms with van der Waals surface area (Å²) in [6.45, 7) is 11.3. The summed E-state index contributed by atoms with van der Waals surface area (Å²) in [5.41, 5.74) is 0. The third kappa shape index (κ3) is 46.1. The van der Waals surface area contributed by atoms with E-state index in [9.17, 15) is 19.8 Å². The van der Waals surface area contributed by atoms with Crippen molar-refractivity contribution in [1.82, 2.24) is 9.80 Å². The van der Waals surface area contributed by atoms with E-state index in [0.717, 1.165) is 77.8 Å². The molecule has 0 aromatic rings. The van der Waals surface area contributed by atoms with Crippen molar-refractivity contribution < 1.29 is 29.3 Å². The van der Waals surface area contributed by atoms with Crippen molar-refractivity contribution >= 4 is 11.9 Å². The number of aliphatic hydroxyl groups excluding tert-OH is 2. The van der Waals surface area contributed by atoms with Gasteiger partial charge in [0, 0.05) is 25.9 Å². The number of hydrogen-bond donors (Lipinski definition) is 2. The smallest absolute Gasteiger partial charge is 0.305 e. The number of carbonyl (C=O) groups excluding carboxylic acids is 2. The van der Waals surface area contributed by atoms with Gasteiger partial charge in [-0.1, -0.05) is 200 Å². The van der Waals surface area contributed by atoms with Crippen LogP contribution >= 0.6 is 0 Å². The van der Waals surface area contributed by atoms with E-state index >= 15 is 0 Å². The molecule has 2 N–H and O–H groups in total. The van der Waals surface area contributed by atoms with Crippen molar-refractivity contribution in [2.45, 2.75) is 251 Å². The van der Waals surface area contributed by atoms with Crippen LogP contribution in [0.15, 0.2) is 0 Å². The SMILES string of the molecule is CCCCCCCCCCCCCN(CCO)CCCCCCCCCC(=O)OCCOC(=O)CCCCCCCCCN(CCO)CCCCCCCCCCCC. The number of esters is 2. The number of unbranched alkanes of at least 4 members (excludes halogenated alkanes) is 31. The highest BCUT2D eigenvalue weighted by atomic mass is 16.6. The van der Waals surface area contributed by atoms with Crippen molar-refractivity contribution in [3.63, 3.8) is 0 Å². The van der Waals surface area contributed by atoms with E-state index < -0.39 is 0 Å². The fourth-order valence-corrected chi connectivity index (χ4v) is 8.21. The molecular weight excluding hydrogens is 737 g/mol. The minimum atomic E-state index is -0.196. The molecule has 0 saturated carbocycles. The van der Waals surface area contributed by atoms with Gasteiger partial charge >= 0.3 is 11.9 Å². The van der Waals surface area contributed by atoms with Gasteiger partial charge in [-0.15, -0.1) is 0 Å². The number of nitrogens with zero attached hydrogens (tertiary/aromatic N) is 2. The topological polar surface area (TPSA) is 99.5 Å². The lowest BCUT2D eigenvalue weighted by atomic mass is 10.1. The number of carbonyl (C=O) groups is 2. The summed E-state index contributed by atoms with van der Waals surface area (Å²) in [6, 6.07) is 0. The maximum Gasteiger partial charge on any atom is 0.305 e. The van der Waals surface area contributed by atoms with Crippen molar-refractivity contribution in [3.8, 4) is 0 Å². The molecule has 0 rings (SSSR count). The van der Waals surface area contributed by atoms with E-state index in [4.69, 9.17) is 9.47 Å². The lowest BCUT2D eigenvalue weighted by Gasteiger charge is -2.21. The molecule has 0 atom stereocenters. The van der Waals surface area contributed by atoms with Gasteiger partial charge in [0.25, 0.3) is 0 Å². The Morgan fingerprint density at radius 1 is 0.322 bits per heavy atom. The van der Waals surface area contributed by atoms with Crippen molar-refractivity contribution in [2.75, 3.05) is 65.7 Å². The predicted octanol–water partition coefficient (Wildman–Crippen LogP) is 13.1. The summed E-state index contributed by atoms with van der Waals surface area (Å²) in [7, 11) is 0. The maximum atomic E-state index is 12.1. The highest BCUT2D eigenvalue weighted by molar-refractivity contribution is 5.70. The molecule has 0 aliphatic rings. The second-order valence-corrected chi connectivity index (χ2v) is 17.7. The van der Waals surface area contributed by atoms with Gasteiger partial charge in [0.05, 0.1) is 13.2 Å². The monoisotopic (exact) mass is 839 g/mol. The van der Waals surface area contributed by atoms with Gasteiger partial charge in [-0.25, -0.2) is 0 Å². The first-order valence-electron chi connectivity index (χ1n) is 26.0. The van der Waals surface area contributed by atoms with Crippen LogP contribution in [-0.4, -0.2) is 97.6 Å². The Morgan fingerprint density at radius 2 is 0.542 bits per heavy atom. The Hall–Kier alpha value is -1.22. The van der Waals surface area contributed by atoms with Gasteiger partial charge in [-0.05, 0) is 64.7 Å². The quantitative estimate of drug-likeness (QED) is 0.0462. The Labute approximate surface area is 367 Å². The van der Waals surface area contributed by atoms with Gasteiger partial charge in [0.2, 0.25) is 0 Å². The average Bonchev–Trinajstić information content (AvgIpc) is 3.23. The second kappa shape index (κ2) is 49.4. The molecule has 0 radical (unpaired) electrons. The van der Waals surface area contributed by atoms with E-state index in [1.807, 2.05) is 0 Å². The Bertz CT molecular complexity index is 845. The van der Waals surface area contributed by atoms with Crippen molar-refractivity contribution in [1.29, 1.82) is 0 Å². The number of hydrogen-bond acceptors (Lipinski definition) is 8. The van der Waals surface area contributed by atoms with Crippen LogP contribution in [0.4, 0.5) is 0 Å². The van der Waals surface area contributed by atoms with Crippen LogP contribution in [0, 0.1) is 0 Å². The van der Waals surface area contributed by atoms with Crippen LogP contribution in [0.1, 0.15) is 251 Å². The van der Waals surface area contributed by atoms with Crippen LogP contribution < -0.4 is 0 Å². The van der Waals surface area contributed by atoms with Crippen LogP contribution in [0.3, 0.4) is 0 Å². The number of ether oxygens (including phenoxy) is 2. The van der Waals surface area contributed by atoms with Gasteiger partial charge in [-0.3, -0.25) is 9.59 Å². The molecule has 0 fully saturated rings. The molecule has 0 aromatic carbocycles. The molecule has 0 aromatic heterocycles. The zero-order valence-electron chi connectivity index (χ0n) is 39.7. The zero-order valence-corrected chi connectivity index (χ0v) is 39.7. The van der Waals surface area contributed by atoms with Crippen LogP contribution in [-0.2, 0) is 19.1 Å². The fourth-order valence-electron chi connectivity index (χ4n) is 8.21. The predicted molar refractivity (Wildman–Crippen MR) is 251 cm³/mol. The molecule has 352 valence electrons. The molecule has 0 aliphatic carbocycles. The molecule has 8 heteroatoms. The van der Waals surface area contributed by atoms with E-state index in [2.05, 4.69) is 23.6 Å². The molecule has 0 spiro atoms. The molecule has 8 nitrogen and oxygen atoms in total. The van der Waals surface area contributed by atoms with E-state index in [1.165, 1.54) is 186 Å². The molecule has 59 heavy (non-hydrogen) atoms. The summed E-state index contributed by atoms with van der Waals surface area (Å²) in [5.74, 6) is -0.393. The fraction of sp³-hybridized carbons (Fsp3) is 0.961. The molecule has 0 aliphatic heterocycles. The highest BCUT2D eigenvalue weighted by Gasteiger charge is 2.08. The van der Waals surface area contributed by atoms with Crippen LogP contribution in [0.2, 0.25) is 0 Å². The van der Waals surface area contributed by atoms with Crippen molar-refractivity contribution in [3.05, 3.63) is 0 Å². The highest BCUT2D eigenvalue weighted by Crippen LogP contribution is 2.15. The van der Waals surface area contributed by atoms with E-state index in [0.29, 0.717) is 12.8 Å². The normalized spacial score (nSPS) is 11.6. The second-order valence-electron chi connectivity index (χ2n) is 17.7. The molecule has 0 heterocycles. The summed E-state index contributed by atoms with van der Waals surface area (Å²) in [4.78, 5) is 29.1. The van der Waals surface area contributed by atoms with Crippen molar-refractivity contribution in [2.24, 2.45) is 0 Å². The van der Waals surface area contributed by atoms with E-state index in [1.54, 1.807) is 0 Å². The Kier molecular flexibility index (Phi) is 48.4. The summed E-state index contributed by atoms with van der Waals surface area (Å²) >= 11 is 0. The first kappa shape index (κ1) is 57.8. The summed E-state index contributed by atoms with van der Waals surface area (Å²) in [5, 5.41) is 19.0. The minimum absolute atomic E-state index is 0.145. The molecule has 0 unspecified atom stereocenters. The van der Waals surface area contributed by atoms with Gasteiger partial charge in [0.15, 0.2) is 0 Å². The third-order valence-electron chi connectivity index (χ3n) is 12.1. The van der Waals surface area contributed by atoms with Gasteiger partial charge in [-0.2, -0.15) is 0 Å². The molecule has 0 saturated heterocycles. The van der Waals surface area contributed by atoms with Crippen LogP contribution in [0.5, 0.6) is 0 Å². The average molecular weight is 839 g/mol. The zero-order chi connectivity index (χ0) is 43.0.